The number of rotatable bonds is 11. The Morgan fingerprint density at radius 3 is 2.00 bits per heavy atom. The number of halogens is 3. The van der Waals surface area contributed by atoms with E-state index in [9.17, 15) is 27.6 Å². The van der Waals surface area contributed by atoms with Gasteiger partial charge in [-0.1, -0.05) is 74.9 Å². The lowest BCUT2D eigenvalue weighted by atomic mass is 9.88. The van der Waals surface area contributed by atoms with Crippen molar-refractivity contribution >= 4 is 18.4 Å². The Balaban J connectivity index is 0.000000321. The van der Waals surface area contributed by atoms with Crippen molar-refractivity contribution in [3.8, 4) is 33.6 Å². The number of aromatic nitrogens is 5. The Bertz CT molecular complexity index is 2200. The Kier molecular flexibility index (Phi) is 12.5. The van der Waals surface area contributed by atoms with Crippen LogP contribution in [0, 0.1) is 17.8 Å². The smallest absolute Gasteiger partial charge is 0.433 e. The molecule has 8 rings (SSSR count). The molecule has 15 heteroatoms. The molecule has 1 aliphatic heterocycles. The third-order valence-electron chi connectivity index (χ3n) is 11.8. The predicted molar refractivity (Wildman–Crippen MR) is 215 cm³/mol. The van der Waals surface area contributed by atoms with Crippen molar-refractivity contribution in [2.75, 3.05) is 13.7 Å². The maximum Gasteiger partial charge on any atom is 0.433 e. The van der Waals surface area contributed by atoms with E-state index in [4.69, 9.17) is 9.72 Å². The number of alkyl halides is 3. The van der Waals surface area contributed by atoms with Crippen molar-refractivity contribution in [3.63, 3.8) is 0 Å². The average molecular weight is 811 g/mol. The normalized spacial score (nSPS) is 20.2. The number of alkyl carbamates (subject to hydrolysis) is 1. The first-order chi connectivity index (χ1) is 28.4. The largest absolute Gasteiger partial charge is 0.453 e. The third kappa shape index (κ3) is 9.50. The molecule has 1 saturated heterocycles. The molecule has 310 valence electrons. The van der Waals surface area contributed by atoms with Crippen LogP contribution in [0.3, 0.4) is 0 Å². The van der Waals surface area contributed by atoms with Crippen LogP contribution in [0.5, 0.6) is 0 Å². The second-order valence-corrected chi connectivity index (χ2v) is 15.9. The van der Waals surface area contributed by atoms with E-state index in [2.05, 4.69) is 79.1 Å². The third-order valence-corrected chi connectivity index (χ3v) is 11.8. The number of amides is 3. The van der Waals surface area contributed by atoms with Gasteiger partial charge in [-0.25, -0.2) is 14.8 Å². The lowest BCUT2D eigenvalue weighted by molar-refractivity contribution is -0.141. The zero-order valence-electron chi connectivity index (χ0n) is 33.3. The van der Waals surface area contributed by atoms with Gasteiger partial charge in [0.2, 0.25) is 12.3 Å². The van der Waals surface area contributed by atoms with Crippen molar-refractivity contribution in [1.29, 1.82) is 0 Å². The lowest BCUT2D eigenvalue weighted by Crippen LogP contribution is -2.51. The Morgan fingerprint density at radius 1 is 0.847 bits per heavy atom. The highest BCUT2D eigenvalue weighted by Gasteiger charge is 2.41. The molecule has 3 amide bonds. The van der Waals surface area contributed by atoms with Crippen molar-refractivity contribution in [3.05, 3.63) is 102 Å². The van der Waals surface area contributed by atoms with Gasteiger partial charge in [0.25, 0.3) is 0 Å². The number of carbonyl (C=O) groups is 3. The predicted octanol–water partition coefficient (Wildman–Crippen LogP) is 8.43. The summed E-state index contributed by atoms with van der Waals surface area (Å²) in [5, 5.41) is 5.03. The molecule has 0 spiro atoms. The molecule has 2 saturated carbocycles. The van der Waals surface area contributed by atoms with Crippen LogP contribution in [0.1, 0.15) is 87.2 Å². The summed E-state index contributed by atoms with van der Waals surface area (Å²) in [7, 11) is 1.30. The van der Waals surface area contributed by atoms with Crippen LogP contribution in [0.2, 0.25) is 0 Å². The molecule has 5 unspecified atom stereocenters. The minimum absolute atomic E-state index is 0.0743. The Hall–Kier alpha value is -5.99. The van der Waals surface area contributed by atoms with E-state index in [-0.39, 0.29) is 24.4 Å². The van der Waals surface area contributed by atoms with Crippen LogP contribution in [0.25, 0.3) is 33.6 Å². The number of nitrogens with one attached hydrogen (secondary N) is 4. The fourth-order valence-electron chi connectivity index (χ4n) is 8.64. The molecule has 2 aliphatic carbocycles. The maximum atomic E-state index is 13.5. The molecule has 3 aliphatic rings. The zero-order chi connectivity index (χ0) is 41.7. The number of benzene rings is 2. The van der Waals surface area contributed by atoms with Crippen LogP contribution in [-0.4, -0.2) is 67.9 Å². The van der Waals surface area contributed by atoms with Crippen LogP contribution in [0.4, 0.5) is 18.0 Å². The quantitative estimate of drug-likeness (QED) is 0.0976. The Morgan fingerprint density at radius 2 is 1.47 bits per heavy atom. The first-order valence-electron chi connectivity index (χ1n) is 20.1. The van der Waals surface area contributed by atoms with Crippen LogP contribution >= 0.6 is 0 Å². The van der Waals surface area contributed by atoms with Gasteiger partial charge in [-0.05, 0) is 83.7 Å². The minimum atomic E-state index is -4.42. The first kappa shape index (κ1) is 41.2. The number of H-pyrrole nitrogens is 2. The zero-order valence-corrected chi connectivity index (χ0v) is 33.3. The molecule has 0 radical (unpaired) electrons. The highest BCUT2D eigenvalue weighted by atomic mass is 19.4. The van der Waals surface area contributed by atoms with Crippen LogP contribution in [0.15, 0.2) is 79.3 Å². The summed E-state index contributed by atoms with van der Waals surface area (Å²) in [6, 6.07) is 18.5. The molecular weight excluding hydrogens is 762 g/mol. The monoisotopic (exact) mass is 810 g/mol. The van der Waals surface area contributed by atoms with E-state index in [1.54, 1.807) is 0 Å². The van der Waals surface area contributed by atoms with Gasteiger partial charge in [-0.15, -0.1) is 0 Å². The highest BCUT2D eigenvalue weighted by molar-refractivity contribution is 5.86. The van der Waals surface area contributed by atoms with Crippen molar-refractivity contribution < 1.29 is 32.3 Å². The number of ether oxygens (including phenoxy) is 1. The molecule has 2 bridgehead atoms. The van der Waals surface area contributed by atoms with Crippen LogP contribution in [-0.2, 0) is 27.0 Å². The lowest BCUT2D eigenvalue weighted by Gasteiger charge is -2.30. The first-order valence-corrected chi connectivity index (χ1v) is 20.1. The number of nitrogens with zero attached hydrogens (tertiary/aromatic N) is 4. The molecule has 4 N–H and O–H groups in total. The number of methoxy groups -OCH3 is 1. The van der Waals surface area contributed by atoms with Gasteiger partial charge >= 0.3 is 12.3 Å². The minimum Gasteiger partial charge on any atom is -0.453 e. The number of imidazole rings is 2. The summed E-state index contributed by atoms with van der Waals surface area (Å²) in [5.74, 6) is 4.07. The van der Waals surface area contributed by atoms with E-state index in [0.717, 1.165) is 76.4 Å². The van der Waals surface area contributed by atoms with Gasteiger partial charge in [-0.3, -0.25) is 14.6 Å². The summed E-state index contributed by atoms with van der Waals surface area (Å²) in [5.41, 5.74) is 6.06. The molecule has 3 fully saturated rings. The highest BCUT2D eigenvalue weighted by Crippen LogP contribution is 2.52. The summed E-state index contributed by atoms with van der Waals surface area (Å²) < 4.78 is 40.9. The molecule has 4 heterocycles. The molecule has 3 aromatic heterocycles. The van der Waals surface area contributed by atoms with E-state index in [0.29, 0.717) is 24.4 Å². The summed E-state index contributed by atoms with van der Waals surface area (Å²) in [4.78, 5) is 56.8. The van der Waals surface area contributed by atoms with Gasteiger partial charge in [0.1, 0.15) is 23.4 Å². The summed E-state index contributed by atoms with van der Waals surface area (Å²) >= 11 is 0. The molecule has 59 heavy (non-hydrogen) atoms. The van der Waals surface area contributed by atoms with E-state index < -0.39 is 24.0 Å². The van der Waals surface area contributed by atoms with Crippen LogP contribution < -0.4 is 10.6 Å². The van der Waals surface area contributed by atoms with Gasteiger partial charge in [0.05, 0.1) is 36.9 Å². The van der Waals surface area contributed by atoms with Gasteiger partial charge in [-0.2, -0.15) is 13.2 Å². The number of likely N-dealkylation sites (tertiary alicyclic amines) is 1. The fourth-order valence-corrected chi connectivity index (χ4v) is 8.64. The molecule has 12 nitrogen and oxygen atoms in total. The van der Waals surface area contributed by atoms with Crippen molar-refractivity contribution in [1.82, 2.24) is 40.5 Å². The Labute approximate surface area is 340 Å². The van der Waals surface area contributed by atoms with Crippen molar-refractivity contribution in [2.45, 2.75) is 83.1 Å². The van der Waals surface area contributed by atoms with E-state index in [1.807, 2.05) is 31.1 Å². The van der Waals surface area contributed by atoms with Gasteiger partial charge < -0.3 is 30.2 Å². The summed E-state index contributed by atoms with van der Waals surface area (Å²) in [6.45, 7) is 4.64. The van der Waals surface area contributed by atoms with Gasteiger partial charge in [0, 0.05) is 25.2 Å². The second-order valence-electron chi connectivity index (χ2n) is 15.9. The number of hydrogen-bond donors (Lipinski definition) is 4. The van der Waals surface area contributed by atoms with Gasteiger partial charge in [0.15, 0.2) is 0 Å². The molecule has 5 aromatic rings. The number of carbonyl (C=O) groups excluding carboxylic acids is 3. The summed E-state index contributed by atoms with van der Waals surface area (Å²) in [6.07, 6.45) is 7.49. The second kappa shape index (κ2) is 17.9. The topological polar surface area (TPSA) is 158 Å². The van der Waals surface area contributed by atoms with E-state index >= 15 is 0 Å². The number of fused-ring (bicyclic) bond motifs is 2. The number of hydrogen-bond acceptors (Lipinski definition) is 7. The number of pyridine rings is 1. The number of aromatic amines is 2. The maximum absolute atomic E-state index is 13.5. The molecule has 5 atom stereocenters. The average Bonchev–Trinajstić information content (AvgIpc) is 4.11. The molecular formula is C44H49F3N8O4. The SMILES string of the molecule is COC(=O)NC(C(=O)N1CCCC1c1ncc(-c2ccc(-c3ccc(-c4cnc(C5CC6CCC5C6)[nH]4)cc3)cc2)[nH]1)C(C)C.O=CNCc1ccc(C(F)(F)F)nc1. The standard InChI is InChI=1S/C36H42N6O3.C8H7F3N2O/c1-21(2)32(41-36(44)45-3)35(43)42-16-4-5-31(42)34-38-20-30(40-34)26-14-10-24(11-15-26)23-8-12-25(13-9-23)29-19-37-33(39-29)28-18-22-6-7-27(28)17-22;9-8(10,11)7-2-1-6(4-13-7)3-12-5-14/h8-15,19-22,27-28,31-32H,4-7,16-18H2,1-3H3,(H,37,39)(H,38,40)(H,41,44);1-2,4-5H,3H2,(H,12,14). The molecule has 2 aromatic carbocycles. The van der Waals surface area contributed by atoms with E-state index in [1.165, 1.54) is 44.7 Å². The fraction of sp³-hybridized carbons (Fsp3) is 0.409. The van der Waals surface area contributed by atoms with Crippen molar-refractivity contribution in [2.24, 2.45) is 17.8 Å².